The average Bonchev–Trinajstić information content (AvgIpc) is 3.33. The van der Waals surface area contributed by atoms with Crippen LogP contribution in [0.3, 0.4) is 0 Å². The van der Waals surface area contributed by atoms with Crippen LogP contribution in [0.5, 0.6) is 0 Å². The van der Waals surface area contributed by atoms with Crippen molar-refractivity contribution in [3.8, 4) is 12.3 Å². The number of halogens is 1. The van der Waals surface area contributed by atoms with Crippen molar-refractivity contribution < 1.29 is 18.8 Å². The van der Waals surface area contributed by atoms with Crippen molar-refractivity contribution in [2.24, 2.45) is 0 Å². The molecule has 1 aromatic heterocycles. The lowest BCUT2D eigenvalue weighted by atomic mass is 9.98. The van der Waals surface area contributed by atoms with Gasteiger partial charge in [0, 0.05) is 31.3 Å². The van der Waals surface area contributed by atoms with Crippen molar-refractivity contribution >= 4 is 17.7 Å². The average molecular weight is 422 g/mol. The normalized spacial score (nSPS) is 18.1. The van der Waals surface area contributed by atoms with Crippen molar-refractivity contribution in [2.75, 3.05) is 0 Å². The first kappa shape index (κ1) is 20.8. The minimum Gasteiger partial charge on any atom is -0.322 e. The molecule has 1 saturated heterocycles. The molecule has 1 atom stereocenters. The summed E-state index contributed by atoms with van der Waals surface area (Å²) in [6.45, 7) is 1.02. The van der Waals surface area contributed by atoms with Gasteiger partial charge in [-0.25, -0.2) is 4.39 Å². The number of benzene rings is 1. The van der Waals surface area contributed by atoms with E-state index in [2.05, 4.69) is 16.3 Å². The first-order valence-corrected chi connectivity index (χ1v) is 10.4. The molecule has 4 rings (SSSR count). The number of piperidine rings is 1. The highest BCUT2D eigenvalue weighted by molar-refractivity contribution is 6.05. The molecule has 3 heterocycles. The Bertz CT molecular complexity index is 1080. The fourth-order valence-corrected chi connectivity index (χ4v) is 4.25. The lowest BCUT2D eigenvalue weighted by Crippen LogP contribution is -2.52. The van der Waals surface area contributed by atoms with Gasteiger partial charge >= 0.3 is 0 Å². The Kier molecular flexibility index (Phi) is 5.85. The molecule has 3 amide bonds. The molecular formula is C23H23FN4O3. The maximum absolute atomic E-state index is 14.2. The molecule has 1 N–H and O–H groups in total. The van der Waals surface area contributed by atoms with Gasteiger partial charge in [-0.15, -0.1) is 6.42 Å². The van der Waals surface area contributed by atoms with Gasteiger partial charge in [0.1, 0.15) is 11.9 Å². The Morgan fingerprint density at radius 2 is 2.06 bits per heavy atom. The van der Waals surface area contributed by atoms with Gasteiger partial charge in [0.05, 0.1) is 11.8 Å². The summed E-state index contributed by atoms with van der Waals surface area (Å²) in [6, 6.07) is 2.02. The number of nitrogens with zero attached hydrogens (tertiary/aromatic N) is 3. The fraction of sp³-hybridized carbons (Fsp3) is 0.391. The zero-order chi connectivity index (χ0) is 22.0. The van der Waals surface area contributed by atoms with E-state index in [-0.39, 0.29) is 31.2 Å². The summed E-state index contributed by atoms with van der Waals surface area (Å²) in [6.07, 6.45) is 12.6. The number of fused-ring (bicyclic) bond motifs is 1. The molecule has 2 aliphatic rings. The van der Waals surface area contributed by atoms with Crippen molar-refractivity contribution in [1.29, 1.82) is 0 Å². The van der Waals surface area contributed by atoms with Crippen LogP contribution in [-0.2, 0) is 29.1 Å². The first-order valence-electron chi connectivity index (χ1n) is 10.4. The number of carbonyl (C=O) groups excluding carboxylic acids is 3. The van der Waals surface area contributed by atoms with Gasteiger partial charge in [-0.05, 0) is 48.9 Å². The van der Waals surface area contributed by atoms with Crippen LogP contribution in [0.15, 0.2) is 24.5 Å². The molecule has 2 aliphatic heterocycles. The zero-order valence-corrected chi connectivity index (χ0v) is 17.1. The molecule has 2 aromatic rings. The quantitative estimate of drug-likeness (QED) is 0.421. The van der Waals surface area contributed by atoms with Crippen LogP contribution in [0, 0.1) is 18.2 Å². The number of aryl methyl sites for hydroxylation is 2. The minimum atomic E-state index is -0.699. The largest absolute Gasteiger partial charge is 0.322 e. The predicted octanol–water partition coefficient (Wildman–Crippen LogP) is 2.18. The van der Waals surface area contributed by atoms with Crippen LogP contribution < -0.4 is 5.32 Å². The summed E-state index contributed by atoms with van der Waals surface area (Å²) < 4.78 is 16.0. The Morgan fingerprint density at radius 1 is 1.23 bits per heavy atom. The highest BCUT2D eigenvalue weighted by Crippen LogP contribution is 2.31. The second kappa shape index (κ2) is 8.72. The maximum Gasteiger partial charge on any atom is 0.255 e. The highest BCUT2D eigenvalue weighted by Gasteiger charge is 2.40. The number of terminal acetylenes is 1. The summed E-state index contributed by atoms with van der Waals surface area (Å²) in [7, 11) is 0. The SMILES string of the molecule is C#Cc1cnn(CCCCCc2cc(F)cc3c2CN(C2CCC(=O)NC2=O)C3=O)c1. The van der Waals surface area contributed by atoms with Crippen molar-refractivity contribution in [2.45, 2.75) is 57.7 Å². The number of carbonyl (C=O) groups is 3. The van der Waals surface area contributed by atoms with Crippen LogP contribution in [0.25, 0.3) is 0 Å². The first-order chi connectivity index (χ1) is 15.0. The van der Waals surface area contributed by atoms with Crippen LogP contribution >= 0.6 is 0 Å². The number of imide groups is 1. The van der Waals surface area contributed by atoms with Gasteiger partial charge in [-0.3, -0.25) is 24.4 Å². The number of rotatable bonds is 7. The molecule has 8 heteroatoms. The Balaban J connectivity index is 1.38. The van der Waals surface area contributed by atoms with Crippen molar-refractivity contribution in [3.05, 3.63) is 52.6 Å². The van der Waals surface area contributed by atoms with E-state index in [4.69, 9.17) is 6.42 Å². The van der Waals surface area contributed by atoms with E-state index >= 15 is 0 Å². The van der Waals surface area contributed by atoms with E-state index in [1.807, 2.05) is 10.9 Å². The summed E-state index contributed by atoms with van der Waals surface area (Å²) in [5.74, 6) is 0.939. The molecule has 1 unspecified atom stereocenters. The summed E-state index contributed by atoms with van der Waals surface area (Å²) in [4.78, 5) is 37.9. The molecule has 1 fully saturated rings. The minimum absolute atomic E-state index is 0.191. The van der Waals surface area contributed by atoms with Gasteiger partial charge in [0.15, 0.2) is 0 Å². The maximum atomic E-state index is 14.2. The number of aromatic nitrogens is 2. The van der Waals surface area contributed by atoms with E-state index in [1.54, 1.807) is 6.20 Å². The number of nitrogens with one attached hydrogen (secondary N) is 1. The Hall–Kier alpha value is -3.47. The zero-order valence-electron chi connectivity index (χ0n) is 17.1. The summed E-state index contributed by atoms with van der Waals surface area (Å²) >= 11 is 0. The molecule has 0 spiro atoms. The van der Waals surface area contributed by atoms with E-state index in [0.29, 0.717) is 12.0 Å². The van der Waals surface area contributed by atoms with Gasteiger partial charge in [0.25, 0.3) is 5.91 Å². The van der Waals surface area contributed by atoms with Gasteiger partial charge < -0.3 is 4.90 Å². The molecule has 160 valence electrons. The Labute approximate surface area is 179 Å². The molecule has 0 radical (unpaired) electrons. The second-order valence-corrected chi connectivity index (χ2v) is 7.94. The van der Waals surface area contributed by atoms with E-state index < -0.39 is 17.8 Å². The molecule has 1 aromatic carbocycles. The molecule has 0 saturated carbocycles. The Morgan fingerprint density at radius 3 is 2.81 bits per heavy atom. The van der Waals surface area contributed by atoms with E-state index in [9.17, 15) is 18.8 Å². The second-order valence-electron chi connectivity index (χ2n) is 7.94. The van der Waals surface area contributed by atoms with Crippen LogP contribution in [0.4, 0.5) is 4.39 Å². The smallest absolute Gasteiger partial charge is 0.255 e. The molecule has 0 bridgehead atoms. The molecule has 0 aliphatic carbocycles. The summed E-state index contributed by atoms with van der Waals surface area (Å²) in [5.41, 5.74) is 2.65. The number of amides is 3. The summed E-state index contributed by atoms with van der Waals surface area (Å²) in [5, 5.41) is 6.48. The van der Waals surface area contributed by atoms with Crippen LogP contribution in [0.2, 0.25) is 0 Å². The third-order valence-corrected chi connectivity index (χ3v) is 5.85. The van der Waals surface area contributed by atoms with Crippen LogP contribution in [0.1, 0.15) is 59.2 Å². The van der Waals surface area contributed by atoms with Gasteiger partial charge in [-0.2, -0.15) is 5.10 Å². The lowest BCUT2D eigenvalue weighted by Gasteiger charge is -2.29. The predicted molar refractivity (Wildman–Crippen MR) is 110 cm³/mol. The lowest BCUT2D eigenvalue weighted by molar-refractivity contribution is -0.136. The highest BCUT2D eigenvalue weighted by atomic mass is 19.1. The third kappa shape index (κ3) is 4.36. The van der Waals surface area contributed by atoms with Gasteiger partial charge in [0.2, 0.25) is 11.8 Å². The number of hydrogen-bond donors (Lipinski definition) is 1. The van der Waals surface area contributed by atoms with E-state index in [0.717, 1.165) is 42.5 Å². The molecule has 7 nitrogen and oxygen atoms in total. The monoisotopic (exact) mass is 422 g/mol. The van der Waals surface area contributed by atoms with Gasteiger partial charge in [-0.1, -0.05) is 12.3 Å². The van der Waals surface area contributed by atoms with Crippen molar-refractivity contribution in [1.82, 2.24) is 20.0 Å². The van der Waals surface area contributed by atoms with E-state index in [1.165, 1.54) is 17.0 Å². The topological polar surface area (TPSA) is 84.3 Å². The molecular weight excluding hydrogens is 399 g/mol. The number of unbranched alkanes of at least 4 members (excludes halogenated alkanes) is 2. The third-order valence-electron chi connectivity index (χ3n) is 5.85. The number of hydrogen-bond acceptors (Lipinski definition) is 4. The standard InChI is InChI=1S/C23H23FN4O3/c1-2-15-12-25-27(13-15)9-5-3-4-6-16-10-17(24)11-18-19(16)14-28(23(18)31)20-7-8-21(29)26-22(20)30/h1,10-13,20H,3-9,14H2,(H,26,29,30). The fourth-order valence-electron chi connectivity index (χ4n) is 4.25. The van der Waals surface area contributed by atoms with Crippen molar-refractivity contribution in [3.63, 3.8) is 0 Å². The van der Waals surface area contributed by atoms with Crippen LogP contribution in [-0.4, -0.2) is 38.4 Å². The molecule has 31 heavy (non-hydrogen) atoms.